The average Bonchev–Trinajstić information content (AvgIpc) is 2.53. The second-order valence-corrected chi connectivity index (χ2v) is 4.87. The van der Waals surface area contributed by atoms with Gasteiger partial charge in [-0.3, -0.25) is 9.59 Å². The van der Waals surface area contributed by atoms with Crippen LogP contribution in [0, 0.1) is 0 Å². The number of anilines is 2. The summed E-state index contributed by atoms with van der Waals surface area (Å²) in [6, 6.07) is 6.18. The number of nitrogens with two attached hydrogens (primary N) is 2. The van der Waals surface area contributed by atoms with Crippen molar-refractivity contribution in [1.29, 1.82) is 0 Å². The number of fused-ring (bicyclic) bond motifs is 2. The fraction of sp³-hybridized carbons (Fsp3) is 0.125. The first-order chi connectivity index (χ1) is 10.5. The smallest absolute Gasteiger partial charge is 0.200 e. The van der Waals surface area contributed by atoms with Gasteiger partial charge in [-0.2, -0.15) is 0 Å². The largest absolute Gasteiger partial charge is 0.496 e. The number of benzene rings is 2. The zero-order valence-corrected chi connectivity index (χ0v) is 12.1. The van der Waals surface area contributed by atoms with Crippen LogP contribution in [0.4, 0.5) is 11.4 Å². The second kappa shape index (κ2) is 4.77. The number of carbonyl (C=O) groups is 2. The van der Waals surface area contributed by atoms with Crippen LogP contribution in [0.3, 0.4) is 0 Å². The van der Waals surface area contributed by atoms with Gasteiger partial charge in [0.1, 0.15) is 11.5 Å². The fourth-order valence-corrected chi connectivity index (χ4v) is 2.73. The standard InChI is InChI=1S/C16H14N2O4/c1-21-9-5-6-10(22-2)14-13(9)15(19)11-7(17)3-4-8(18)12(11)16(14)20/h3-6H,17-18H2,1-2H3. The Hall–Kier alpha value is -3.02. The SMILES string of the molecule is COc1ccc(OC)c2c1C(=O)c1c(N)ccc(N)c1C2=O. The lowest BCUT2D eigenvalue weighted by Gasteiger charge is -2.23. The first-order valence-corrected chi connectivity index (χ1v) is 6.53. The Bertz CT molecular complexity index is 759. The Morgan fingerprint density at radius 1 is 0.682 bits per heavy atom. The second-order valence-electron chi connectivity index (χ2n) is 4.87. The van der Waals surface area contributed by atoms with Gasteiger partial charge < -0.3 is 20.9 Å². The predicted octanol–water partition coefficient (Wildman–Crippen LogP) is 1.64. The molecule has 1 aliphatic carbocycles. The number of nitrogen functional groups attached to an aromatic ring is 2. The van der Waals surface area contributed by atoms with Gasteiger partial charge in [0.2, 0.25) is 11.6 Å². The van der Waals surface area contributed by atoms with E-state index in [0.29, 0.717) is 11.5 Å². The van der Waals surface area contributed by atoms with Gasteiger partial charge >= 0.3 is 0 Å². The molecular formula is C16H14N2O4. The molecule has 0 saturated heterocycles. The number of hydrogen-bond donors (Lipinski definition) is 2. The van der Waals surface area contributed by atoms with Gasteiger partial charge in [0.05, 0.1) is 36.5 Å². The monoisotopic (exact) mass is 298 g/mol. The molecule has 0 radical (unpaired) electrons. The molecule has 0 atom stereocenters. The summed E-state index contributed by atoms with van der Waals surface area (Å²) in [5.41, 5.74) is 12.7. The van der Waals surface area contributed by atoms with Gasteiger partial charge in [0.25, 0.3) is 0 Å². The van der Waals surface area contributed by atoms with Gasteiger partial charge in [-0.25, -0.2) is 0 Å². The molecule has 22 heavy (non-hydrogen) atoms. The maximum atomic E-state index is 12.9. The van der Waals surface area contributed by atoms with Crippen LogP contribution in [0.5, 0.6) is 11.5 Å². The summed E-state index contributed by atoms with van der Waals surface area (Å²) in [5, 5.41) is 0. The number of hydrogen-bond acceptors (Lipinski definition) is 6. The molecule has 0 saturated carbocycles. The molecule has 0 bridgehead atoms. The first-order valence-electron chi connectivity index (χ1n) is 6.53. The van der Waals surface area contributed by atoms with Crippen LogP contribution in [-0.4, -0.2) is 25.8 Å². The van der Waals surface area contributed by atoms with Crippen molar-refractivity contribution < 1.29 is 19.1 Å². The number of rotatable bonds is 2. The minimum absolute atomic E-state index is 0.115. The third-order valence-corrected chi connectivity index (χ3v) is 3.75. The average molecular weight is 298 g/mol. The summed E-state index contributed by atoms with van der Waals surface area (Å²) in [6.45, 7) is 0. The van der Waals surface area contributed by atoms with E-state index >= 15 is 0 Å². The van der Waals surface area contributed by atoms with Crippen LogP contribution in [-0.2, 0) is 0 Å². The summed E-state index contributed by atoms with van der Waals surface area (Å²) in [6.07, 6.45) is 0. The van der Waals surface area contributed by atoms with E-state index in [1.165, 1.54) is 26.4 Å². The third-order valence-electron chi connectivity index (χ3n) is 3.75. The molecule has 2 aromatic rings. The van der Waals surface area contributed by atoms with E-state index in [1.807, 2.05) is 0 Å². The normalized spacial score (nSPS) is 12.6. The minimum Gasteiger partial charge on any atom is -0.496 e. The van der Waals surface area contributed by atoms with Gasteiger partial charge in [0.15, 0.2) is 0 Å². The van der Waals surface area contributed by atoms with Crippen LogP contribution < -0.4 is 20.9 Å². The van der Waals surface area contributed by atoms with E-state index in [1.54, 1.807) is 12.1 Å². The number of ether oxygens (including phenoxy) is 2. The third kappa shape index (κ3) is 1.67. The van der Waals surface area contributed by atoms with E-state index in [-0.39, 0.29) is 33.6 Å². The van der Waals surface area contributed by atoms with Crippen molar-refractivity contribution in [3.8, 4) is 11.5 Å². The van der Waals surface area contributed by atoms with Gasteiger partial charge in [-0.15, -0.1) is 0 Å². The highest BCUT2D eigenvalue weighted by atomic mass is 16.5. The lowest BCUT2D eigenvalue weighted by Crippen LogP contribution is -2.25. The molecule has 0 heterocycles. The lowest BCUT2D eigenvalue weighted by molar-refractivity contribution is 0.0975. The molecule has 112 valence electrons. The number of carbonyl (C=O) groups excluding carboxylic acids is 2. The highest BCUT2D eigenvalue weighted by Gasteiger charge is 2.37. The highest BCUT2D eigenvalue weighted by Crippen LogP contribution is 2.41. The Morgan fingerprint density at radius 3 is 1.36 bits per heavy atom. The van der Waals surface area contributed by atoms with Crippen molar-refractivity contribution in [2.24, 2.45) is 0 Å². The highest BCUT2D eigenvalue weighted by molar-refractivity contribution is 6.33. The molecule has 0 fully saturated rings. The Morgan fingerprint density at radius 2 is 1.05 bits per heavy atom. The summed E-state index contributed by atoms with van der Waals surface area (Å²) < 4.78 is 10.4. The zero-order valence-electron chi connectivity index (χ0n) is 12.1. The van der Waals surface area contributed by atoms with E-state index < -0.39 is 11.6 Å². The van der Waals surface area contributed by atoms with E-state index in [2.05, 4.69) is 0 Å². The predicted molar refractivity (Wildman–Crippen MR) is 81.7 cm³/mol. The van der Waals surface area contributed by atoms with Gasteiger partial charge in [-0.05, 0) is 24.3 Å². The summed E-state index contributed by atoms with van der Waals surface area (Å²) >= 11 is 0. The maximum Gasteiger partial charge on any atom is 0.200 e. The van der Waals surface area contributed by atoms with Crippen molar-refractivity contribution in [1.82, 2.24) is 0 Å². The zero-order chi connectivity index (χ0) is 16.0. The molecule has 0 unspecified atom stereocenters. The Balaban J connectivity index is 2.43. The van der Waals surface area contributed by atoms with Crippen molar-refractivity contribution in [3.05, 3.63) is 46.5 Å². The van der Waals surface area contributed by atoms with E-state index in [9.17, 15) is 9.59 Å². The van der Waals surface area contributed by atoms with E-state index in [4.69, 9.17) is 20.9 Å². The van der Waals surface area contributed by atoms with Crippen LogP contribution in [0.25, 0.3) is 0 Å². The summed E-state index contributed by atoms with van der Waals surface area (Å²) in [7, 11) is 2.86. The maximum absolute atomic E-state index is 12.9. The fourth-order valence-electron chi connectivity index (χ4n) is 2.73. The van der Waals surface area contributed by atoms with Crippen LogP contribution in [0.1, 0.15) is 31.8 Å². The van der Waals surface area contributed by atoms with Crippen molar-refractivity contribution >= 4 is 22.9 Å². The molecule has 3 rings (SSSR count). The molecule has 0 aliphatic heterocycles. The summed E-state index contributed by atoms with van der Waals surface area (Å²) in [5.74, 6) is -0.210. The molecule has 0 spiro atoms. The number of ketones is 2. The first kappa shape index (κ1) is 13.9. The van der Waals surface area contributed by atoms with E-state index in [0.717, 1.165) is 0 Å². The quantitative estimate of drug-likeness (QED) is 0.697. The summed E-state index contributed by atoms with van der Waals surface area (Å²) in [4.78, 5) is 25.7. The van der Waals surface area contributed by atoms with Crippen LogP contribution in [0.2, 0.25) is 0 Å². The van der Waals surface area contributed by atoms with Crippen molar-refractivity contribution in [3.63, 3.8) is 0 Å². The molecule has 6 heteroatoms. The van der Waals surface area contributed by atoms with Crippen molar-refractivity contribution in [2.45, 2.75) is 0 Å². The molecule has 4 N–H and O–H groups in total. The molecule has 1 aliphatic rings. The topological polar surface area (TPSA) is 105 Å². The number of methoxy groups -OCH3 is 2. The van der Waals surface area contributed by atoms with Gasteiger partial charge in [-0.1, -0.05) is 0 Å². The molecule has 0 amide bonds. The molecular weight excluding hydrogens is 284 g/mol. The van der Waals surface area contributed by atoms with Crippen molar-refractivity contribution in [2.75, 3.05) is 25.7 Å². The molecule has 6 nitrogen and oxygen atoms in total. The van der Waals surface area contributed by atoms with Gasteiger partial charge in [0, 0.05) is 11.4 Å². The molecule has 2 aromatic carbocycles. The lowest BCUT2D eigenvalue weighted by atomic mass is 9.81. The van der Waals surface area contributed by atoms with Crippen LogP contribution >= 0.6 is 0 Å². The minimum atomic E-state index is -0.398. The Kier molecular flexibility index (Phi) is 3.02. The Labute approximate surface area is 126 Å². The molecule has 0 aromatic heterocycles. The van der Waals surface area contributed by atoms with Crippen LogP contribution in [0.15, 0.2) is 24.3 Å².